The second-order valence-electron chi connectivity index (χ2n) is 12.4. The number of allylic oxidation sites excluding steroid dienone is 6. The Morgan fingerprint density at radius 2 is 1.64 bits per heavy atom. The average Bonchev–Trinajstić information content (AvgIpc) is 3.73. The van der Waals surface area contributed by atoms with Crippen LogP contribution in [0.4, 0.5) is 5.69 Å². The number of nitrogens with zero attached hydrogens (tertiary/aromatic N) is 2. The molecule has 0 fully saturated rings. The van der Waals surface area contributed by atoms with E-state index >= 15 is 0 Å². The number of benzene rings is 3. The molecule has 0 bridgehead atoms. The molecular formula is C40H36N4S. The molecular weight excluding hydrogens is 569 g/mol. The van der Waals surface area contributed by atoms with Crippen molar-refractivity contribution in [3.8, 4) is 0 Å². The maximum absolute atomic E-state index is 3.94. The van der Waals surface area contributed by atoms with E-state index in [2.05, 4.69) is 129 Å². The molecule has 6 aromatic rings. The SMILES string of the molecule is CNCc1sc2c(c1Nn1c3ccccc3c3ccc(C4C=Cc5c(c6ccccc6n5C5=CCCC=C5)C4)cc31)C=CCC2. The zero-order valence-electron chi connectivity index (χ0n) is 25.5. The van der Waals surface area contributed by atoms with E-state index in [1.165, 1.54) is 76.2 Å². The third kappa shape index (κ3) is 4.29. The summed E-state index contributed by atoms with van der Waals surface area (Å²) in [7, 11) is 2.04. The van der Waals surface area contributed by atoms with E-state index in [-0.39, 0.29) is 0 Å². The molecule has 3 heterocycles. The lowest BCUT2D eigenvalue weighted by atomic mass is 9.86. The summed E-state index contributed by atoms with van der Waals surface area (Å²) in [5.74, 6) is 0.306. The number of nitrogens with one attached hydrogen (secondary N) is 2. The molecule has 0 aliphatic heterocycles. The highest BCUT2D eigenvalue weighted by Crippen LogP contribution is 2.42. The van der Waals surface area contributed by atoms with E-state index < -0.39 is 0 Å². The fourth-order valence-corrected chi connectivity index (χ4v) is 8.94. The Morgan fingerprint density at radius 3 is 2.51 bits per heavy atom. The van der Waals surface area contributed by atoms with Gasteiger partial charge in [0.15, 0.2) is 0 Å². The minimum absolute atomic E-state index is 0.306. The van der Waals surface area contributed by atoms with Gasteiger partial charge in [0.25, 0.3) is 0 Å². The van der Waals surface area contributed by atoms with Crippen molar-refractivity contribution in [3.05, 3.63) is 129 Å². The molecule has 45 heavy (non-hydrogen) atoms. The van der Waals surface area contributed by atoms with Gasteiger partial charge in [-0.3, -0.25) is 10.1 Å². The highest BCUT2D eigenvalue weighted by atomic mass is 32.1. The van der Waals surface area contributed by atoms with Crippen LogP contribution in [0.25, 0.3) is 50.6 Å². The van der Waals surface area contributed by atoms with Gasteiger partial charge in [-0.1, -0.05) is 78.9 Å². The molecule has 2 N–H and O–H groups in total. The van der Waals surface area contributed by atoms with Gasteiger partial charge in [0.2, 0.25) is 0 Å². The van der Waals surface area contributed by atoms with Gasteiger partial charge in [-0.25, -0.2) is 0 Å². The lowest BCUT2D eigenvalue weighted by molar-refractivity contribution is 0.825. The Hall–Kier alpha value is -4.58. The van der Waals surface area contributed by atoms with E-state index in [1.54, 1.807) is 0 Å². The largest absolute Gasteiger partial charge is 0.315 e. The van der Waals surface area contributed by atoms with Gasteiger partial charge in [-0.05, 0) is 80.6 Å². The molecule has 222 valence electrons. The minimum atomic E-state index is 0.306. The predicted octanol–water partition coefficient (Wildman–Crippen LogP) is 9.91. The lowest BCUT2D eigenvalue weighted by Gasteiger charge is -2.21. The first kappa shape index (κ1) is 26.8. The van der Waals surface area contributed by atoms with Gasteiger partial charge >= 0.3 is 0 Å². The Kier molecular flexibility index (Phi) is 6.43. The van der Waals surface area contributed by atoms with Crippen molar-refractivity contribution in [2.24, 2.45) is 0 Å². The maximum atomic E-state index is 3.94. The number of aromatic nitrogens is 2. The van der Waals surface area contributed by atoms with Crippen molar-refractivity contribution >= 4 is 67.6 Å². The average molecular weight is 605 g/mol. The fraction of sp³-hybridized carbons (Fsp3) is 0.200. The predicted molar refractivity (Wildman–Crippen MR) is 193 cm³/mol. The van der Waals surface area contributed by atoms with Crippen LogP contribution >= 0.6 is 11.3 Å². The molecule has 1 atom stereocenters. The molecule has 0 saturated carbocycles. The molecule has 0 saturated heterocycles. The molecule has 3 aliphatic carbocycles. The molecule has 3 aromatic carbocycles. The Balaban J connectivity index is 1.16. The summed E-state index contributed by atoms with van der Waals surface area (Å²) in [6, 6.07) is 24.8. The summed E-state index contributed by atoms with van der Waals surface area (Å²) in [4.78, 5) is 2.84. The van der Waals surface area contributed by atoms with Gasteiger partial charge in [0.1, 0.15) is 0 Å². The summed E-state index contributed by atoms with van der Waals surface area (Å²) in [6.45, 7) is 0.853. The second kappa shape index (κ2) is 10.8. The number of aryl methyl sites for hydroxylation is 1. The molecule has 0 spiro atoms. The quantitative estimate of drug-likeness (QED) is 0.198. The first-order valence-electron chi connectivity index (χ1n) is 16.2. The van der Waals surface area contributed by atoms with Crippen LogP contribution in [0.5, 0.6) is 0 Å². The topological polar surface area (TPSA) is 33.9 Å². The second-order valence-corrected chi connectivity index (χ2v) is 13.6. The van der Waals surface area contributed by atoms with Crippen molar-refractivity contribution in [1.29, 1.82) is 0 Å². The first-order chi connectivity index (χ1) is 22.3. The molecule has 4 nitrogen and oxygen atoms in total. The van der Waals surface area contributed by atoms with Gasteiger partial charge in [0.05, 0.1) is 22.2 Å². The molecule has 9 rings (SSSR count). The third-order valence-electron chi connectivity index (χ3n) is 9.77. The summed E-state index contributed by atoms with van der Waals surface area (Å²) < 4.78 is 4.81. The first-order valence-corrected chi connectivity index (χ1v) is 17.0. The molecule has 3 aromatic heterocycles. The Morgan fingerprint density at radius 1 is 0.822 bits per heavy atom. The van der Waals surface area contributed by atoms with E-state index in [4.69, 9.17) is 0 Å². The number of thiophene rings is 1. The van der Waals surface area contributed by atoms with Crippen molar-refractivity contribution in [1.82, 2.24) is 14.6 Å². The zero-order chi connectivity index (χ0) is 29.9. The van der Waals surface area contributed by atoms with E-state index in [9.17, 15) is 0 Å². The summed E-state index contributed by atoms with van der Waals surface area (Å²) in [6.07, 6.45) is 21.9. The number of hydrogen-bond donors (Lipinski definition) is 2. The van der Waals surface area contributed by atoms with Crippen LogP contribution in [0.1, 0.15) is 57.3 Å². The third-order valence-corrected chi connectivity index (χ3v) is 11.0. The molecule has 0 amide bonds. The number of para-hydroxylation sites is 2. The van der Waals surface area contributed by atoms with Crippen LogP contribution in [0.15, 0.2) is 97.1 Å². The maximum Gasteiger partial charge on any atom is 0.0773 e. The highest BCUT2D eigenvalue weighted by molar-refractivity contribution is 7.12. The monoisotopic (exact) mass is 604 g/mol. The molecule has 5 heteroatoms. The van der Waals surface area contributed by atoms with Gasteiger partial charge in [-0.15, -0.1) is 11.3 Å². The van der Waals surface area contributed by atoms with Crippen molar-refractivity contribution < 1.29 is 0 Å². The van der Waals surface area contributed by atoms with Gasteiger partial charge in [0, 0.05) is 55.3 Å². The number of fused-ring (bicyclic) bond motifs is 7. The smallest absolute Gasteiger partial charge is 0.0773 e. The Bertz CT molecular complexity index is 2250. The lowest BCUT2D eigenvalue weighted by Crippen LogP contribution is -2.13. The number of hydrogen-bond acceptors (Lipinski definition) is 3. The molecule has 3 aliphatic rings. The van der Waals surface area contributed by atoms with Crippen LogP contribution in [-0.2, 0) is 19.4 Å². The zero-order valence-corrected chi connectivity index (χ0v) is 26.3. The fourth-order valence-electron chi connectivity index (χ4n) is 7.66. The Labute approximate surface area is 267 Å². The van der Waals surface area contributed by atoms with Crippen molar-refractivity contribution in [2.75, 3.05) is 12.5 Å². The van der Waals surface area contributed by atoms with Crippen LogP contribution < -0.4 is 10.7 Å². The highest BCUT2D eigenvalue weighted by Gasteiger charge is 2.25. The summed E-state index contributed by atoms with van der Waals surface area (Å²) in [5, 5.41) is 7.33. The summed E-state index contributed by atoms with van der Waals surface area (Å²) >= 11 is 1.94. The van der Waals surface area contributed by atoms with Crippen LogP contribution in [0.3, 0.4) is 0 Å². The number of rotatable bonds is 6. The van der Waals surface area contributed by atoms with Crippen LogP contribution in [0.2, 0.25) is 0 Å². The normalized spacial score (nSPS) is 17.3. The van der Waals surface area contributed by atoms with E-state index in [0.29, 0.717) is 5.92 Å². The standard InChI is InChI=1S/C40H36N4S/c1-41-25-39-40(32-15-7-10-18-38(32)45-39)42-44-36-17-9-6-13-29(36)31-21-19-27(24-37(31)44)26-20-22-35-33(23-26)30-14-5-8-16-34(30)43(35)28-11-3-2-4-12-28/h3,5-9,11-17,19-22,24,26,41-42H,2,4,10,18,23,25H2,1H3. The van der Waals surface area contributed by atoms with E-state index in [0.717, 1.165) is 38.6 Å². The number of anilines is 1. The minimum Gasteiger partial charge on any atom is -0.315 e. The molecule has 1 unspecified atom stereocenters. The van der Waals surface area contributed by atoms with Crippen molar-refractivity contribution in [2.45, 2.75) is 44.6 Å². The van der Waals surface area contributed by atoms with Crippen LogP contribution in [0, 0.1) is 0 Å². The van der Waals surface area contributed by atoms with Crippen LogP contribution in [-0.4, -0.2) is 16.3 Å². The van der Waals surface area contributed by atoms with Gasteiger partial charge in [-0.2, -0.15) is 0 Å². The van der Waals surface area contributed by atoms with Crippen molar-refractivity contribution in [3.63, 3.8) is 0 Å². The van der Waals surface area contributed by atoms with Gasteiger partial charge < -0.3 is 9.88 Å². The summed E-state index contributed by atoms with van der Waals surface area (Å²) in [5.41, 5.74) is 15.7. The molecule has 0 radical (unpaired) electrons. The van der Waals surface area contributed by atoms with E-state index in [1.807, 2.05) is 18.4 Å².